The van der Waals surface area contributed by atoms with Gasteiger partial charge in [0.2, 0.25) is 0 Å². The van der Waals surface area contributed by atoms with Crippen LogP contribution in [0, 0.1) is 18.3 Å². The molecule has 1 heteroatoms. The monoisotopic (exact) mass is 276 g/mol. The zero-order chi connectivity index (χ0) is 15.2. The van der Waals surface area contributed by atoms with Crippen molar-refractivity contribution in [1.29, 1.82) is 0 Å². The Balaban J connectivity index is 3.48. The number of allylic oxidation sites excluding steroid dienone is 2. The fraction of sp³-hybridized carbons (Fsp3) is 0.737. The minimum atomic E-state index is 0.443. The van der Waals surface area contributed by atoms with Crippen molar-refractivity contribution in [3.8, 4) is 12.3 Å². The fourth-order valence-electron chi connectivity index (χ4n) is 2.33. The van der Waals surface area contributed by atoms with Gasteiger partial charge in [-0.25, -0.2) is 0 Å². The Bertz CT molecular complexity index is 315. The number of carbonyl (C=O) groups excluding carboxylic acids is 1. The molecule has 114 valence electrons. The fourth-order valence-corrected chi connectivity index (χ4v) is 2.33. The lowest BCUT2D eigenvalue weighted by Crippen LogP contribution is -2.05. The number of ketones is 1. The van der Waals surface area contributed by atoms with E-state index in [1.165, 1.54) is 24.8 Å². The van der Waals surface area contributed by atoms with Crippen LogP contribution in [0.25, 0.3) is 0 Å². The van der Waals surface area contributed by atoms with Gasteiger partial charge < -0.3 is 0 Å². The highest BCUT2D eigenvalue weighted by atomic mass is 16.1. The average molecular weight is 276 g/mol. The summed E-state index contributed by atoms with van der Waals surface area (Å²) in [6.07, 6.45) is 17.9. The third-order valence-electron chi connectivity index (χ3n) is 3.56. The predicted octanol–water partition coefficient (Wildman–Crippen LogP) is 5.69. The summed E-state index contributed by atoms with van der Waals surface area (Å²) in [5.74, 6) is 3.63. The van der Waals surface area contributed by atoms with Gasteiger partial charge in [-0.05, 0) is 45.4 Å². The molecule has 0 amide bonds. The molecule has 0 radical (unpaired) electrons. The van der Waals surface area contributed by atoms with E-state index in [1.54, 1.807) is 0 Å². The first-order valence-corrected chi connectivity index (χ1v) is 8.14. The standard InChI is InChI=1S/C19H32O/c1-5-6-7-8-9-10-11-15-19(20)16-18(4)14-12-13-17(2)3/h1,13,18H,6-12,14-16H2,2-4H3/t18-/m1/s1. The van der Waals surface area contributed by atoms with Gasteiger partial charge in [-0.3, -0.25) is 4.79 Å². The normalized spacial score (nSPS) is 11.7. The quantitative estimate of drug-likeness (QED) is 0.254. The molecule has 0 fully saturated rings. The summed E-state index contributed by atoms with van der Waals surface area (Å²) in [5, 5.41) is 0. The predicted molar refractivity (Wildman–Crippen MR) is 88.6 cm³/mol. The van der Waals surface area contributed by atoms with Crippen molar-refractivity contribution in [2.24, 2.45) is 5.92 Å². The SMILES string of the molecule is C#CCCCCCCCC(=O)C[C@H](C)CCC=C(C)C. The Kier molecular flexibility index (Phi) is 12.3. The van der Waals surface area contributed by atoms with Crippen molar-refractivity contribution < 1.29 is 4.79 Å². The van der Waals surface area contributed by atoms with Gasteiger partial charge in [-0.15, -0.1) is 12.3 Å². The molecule has 0 saturated heterocycles. The number of Topliss-reactive ketones (excluding diaryl/α,β-unsaturated/α-hetero) is 1. The molecule has 0 aromatic heterocycles. The summed E-state index contributed by atoms with van der Waals surface area (Å²) in [6, 6.07) is 0. The van der Waals surface area contributed by atoms with Crippen LogP contribution in [-0.2, 0) is 4.79 Å². The Hall–Kier alpha value is -1.03. The zero-order valence-electron chi connectivity index (χ0n) is 13.7. The molecule has 0 bridgehead atoms. The molecule has 0 saturated carbocycles. The number of rotatable bonds is 12. The first-order valence-electron chi connectivity index (χ1n) is 8.14. The lowest BCUT2D eigenvalue weighted by atomic mass is 9.96. The Morgan fingerprint density at radius 3 is 2.45 bits per heavy atom. The molecule has 0 spiro atoms. The van der Waals surface area contributed by atoms with E-state index < -0.39 is 0 Å². The van der Waals surface area contributed by atoms with Crippen LogP contribution in [0.5, 0.6) is 0 Å². The molecule has 0 aromatic carbocycles. The maximum Gasteiger partial charge on any atom is 0.133 e. The number of hydrogen-bond donors (Lipinski definition) is 0. The largest absolute Gasteiger partial charge is 0.300 e. The van der Waals surface area contributed by atoms with Gasteiger partial charge in [0.25, 0.3) is 0 Å². The van der Waals surface area contributed by atoms with E-state index in [9.17, 15) is 4.79 Å². The van der Waals surface area contributed by atoms with Gasteiger partial charge in [0.05, 0.1) is 0 Å². The molecule has 20 heavy (non-hydrogen) atoms. The molecule has 0 heterocycles. The maximum absolute atomic E-state index is 11.8. The highest BCUT2D eigenvalue weighted by Crippen LogP contribution is 2.15. The molecule has 0 rings (SSSR count). The van der Waals surface area contributed by atoms with Gasteiger partial charge >= 0.3 is 0 Å². The van der Waals surface area contributed by atoms with Gasteiger partial charge in [0.15, 0.2) is 0 Å². The highest BCUT2D eigenvalue weighted by Gasteiger charge is 2.08. The lowest BCUT2D eigenvalue weighted by molar-refractivity contribution is -0.120. The molecular weight excluding hydrogens is 244 g/mol. The van der Waals surface area contributed by atoms with Crippen molar-refractivity contribution in [1.82, 2.24) is 0 Å². The van der Waals surface area contributed by atoms with Crippen molar-refractivity contribution >= 4 is 5.78 Å². The molecular formula is C19H32O. The van der Waals surface area contributed by atoms with Crippen LogP contribution >= 0.6 is 0 Å². The van der Waals surface area contributed by atoms with Crippen LogP contribution in [0.4, 0.5) is 0 Å². The number of carbonyl (C=O) groups is 1. The lowest BCUT2D eigenvalue weighted by Gasteiger charge is -2.09. The second-order valence-corrected chi connectivity index (χ2v) is 6.18. The van der Waals surface area contributed by atoms with Crippen LogP contribution in [-0.4, -0.2) is 5.78 Å². The molecule has 0 aliphatic rings. The minimum absolute atomic E-state index is 0.443. The summed E-state index contributed by atoms with van der Waals surface area (Å²) in [4.78, 5) is 11.8. The maximum atomic E-state index is 11.8. The molecule has 0 N–H and O–H groups in total. The summed E-state index contributed by atoms with van der Waals surface area (Å²) < 4.78 is 0. The van der Waals surface area contributed by atoms with Crippen LogP contribution in [0.3, 0.4) is 0 Å². The summed E-state index contributed by atoms with van der Waals surface area (Å²) in [7, 11) is 0. The van der Waals surface area contributed by atoms with E-state index in [0.29, 0.717) is 11.7 Å². The van der Waals surface area contributed by atoms with E-state index in [0.717, 1.165) is 44.9 Å². The van der Waals surface area contributed by atoms with Crippen molar-refractivity contribution in [3.63, 3.8) is 0 Å². The third-order valence-corrected chi connectivity index (χ3v) is 3.56. The van der Waals surface area contributed by atoms with Crippen molar-refractivity contribution in [3.05, 3.63) is 11.6 Å². The zero-order valence-corrected chi connectivity index (χ0v) is 13.7. The van der Waals surface area contributed by atoms with Crippen molar-refractivity contribution in [2.45, 2.75) is 85.0 Å². The van der Waals surface area contributed by atoms with Gasteiger partial charge in [-0.1, -0.05) is 37.8 Å². The van der Waals surface area contributed by atoms with E-state index in [-0.39, 0.29) is 0 Å². The van der Waals surface area contributed by atoms with Gasteiger partial charge in [-0.2, -0.15) is 0 Å². The first-order chi connectivity index (χ1) is 9.56. The van der Waals surface area contributed by atoms with E-state index >= 15 is 0 Å². The number of unbranched alkanes of at least 4 members (excludes halogenated alkanes) is 5. The Morgan fingerprint density at radius 1 is 1.15 bits per heavy atom. The van der Waals surface area contributed by atoms with Gasteiger partial charge in [0, 0.05) is 19.3 Å². The van der Waals surface area contributed by atoms with Crippen molar-refractivity contribution in [2.75, 3.05) is 0 Å². The molecule has 0 aromatic rings. The second kappa shape index (κ2) is 13.0. The Labute approximate surface area is 126 Å². The van der Waals surface area contributed by atoms with Crippen LogP contribution in [0.2, 0.25) is 0 Å². The van der Waals surface area contributed by atoms with E-state index in [2.05, 4.69) is 32.8 Å². The van der Waals surface area contributed by atoms with E-state index in [1.807, 2.05) is 0 Å². The smallest absolute Gasteiger partial charge is 0.133 e. The second-order valence-electron chi connectivity index (χ2n) is 6.18. The summed E-state index contributed by atoms with van der Waals surface area (Å²) >= 11 is 0. The third kappa shape index (κ3) is 13.4. The van der Waals surface area contributed by atoms with E-state index in [4.69, 9.17) is 6.42 Å². The molecule has 1 atom stereocenters. The van der Waals surface area contributed by atoms with Gasteiger partial charge in [0.1, 0.15) is 5.78 Å². The van der Waals surface area contributed by atoms with Crippen LogP contribution in [0.15, 0.2) is 11.6 Å². The number of hydrogen-bond acceptors (Lipinski definition) is 1. The molecule has 0 aliphatic heterocycles. The Morgan fingerprint density at radius 2 is 1.80 bits per heavy atom. The topological polar surface area (TPSA) is 17.1 Å². The highest BCUT2D eigenvalue weighted by molar-refractivity contribution is 5.78. The minimum Gasteiger partial charge on any atom is -0.300 e. The molecule has 0 unspecified atom stereocenters. The summed E-state index contributed by atoms with van der Waals surface area (Å²) in [6.45, 7) is 6.44. The first kappa shape index (κ1) is 19.0. The number of terminal acetylenes is 1. The summed E-state index contributed by atoms with van der Waals surface area (Å²) in [5.41, 5.74) is 1.37. The average Bonchev–Trinajstić information content (AvgIpc) is 2.37. The van der Waals surface area contributed by atoms with Crippen LogP contribution < -0.4 is 0 Å². The molecule has 1 nitrogen and oxygen atoms in total. The van der Waals surface area contributed by atoms with Crippen LogP contribution in [0.1, 0.15) is 85.0 Å². The molecule has 0 aliphatic carbocycles.